The van der Waals surface area contributed by atoms with Gasteiger partial charge in [-0.2, -0.15) is 0 Å². The molecule has 27 heavy (non-hydrogen) atoms. The normalized spacial score (nSPS) is 13.5. The first-order chi connectivity index (χ1) is 12.8. The molecule has 6 nitrogen and oxygen atoms in total. The molecule has 1 heterocycles. The lowest BCUT2D eigenvalue weighted by Crippen LogP contribution is -2.30. The van der Waals surface area contributed by atoms with Crippen molar-refractivity contribution < 1.29 is 17.9 Å². The average Bonchev–Trinajstić information content (AvgIpc) is 3.08. The Labute approximate surface area is 168 Å². The van der Waals surface area contributed by atoms with Crippen LogP contribution in [0.4, 0.5) is 5.69 Å². The lowest BCUT2D eigenvalue weighted by atomic mass is 10.2. The van der Waals surface area contributed by atoms with Crippen LogP contribution >= 0.6 is 23.2 Å². The monoisotopic (exact) mass is 428 g/mol. The topological polar surface area (TPSA) is 75.7 Å². The lowest BCUT2D eigenvalue weighted by Gasteiger charge is -2.18. The summed E-state index contributed by atoms with van der Waals surface area (Å²) in [6.07, 6.45) is 0.772. The molecule has 1 N–H and O–H groups in total. The molecule has 144 valence electrons. The molecule has 2 aromatic carbocycles. The number of ether oxygens (including phenoxy) is 1. The molecule has 0 unspecified atom stereocenters. The molecule has 0 atom stereocenters. The fourth-order valence-corrected chi connectivity index (χ4v) is 4.03. The fraction of sp³-hybridized carbons (Fsp3) is 0.278. The van der Waals surface area contributed by atoms with E-state index in [0.29, 0.717) is 28.8 Å². The molecular formula is C18H18Cl2N2O4S. The largest absolute Gasteiger partial charge is 0.491 e. The van der Waals surface area contributed by atoms with Gasteiger partial charge in [-0.05, 0) is 49.4 Å². The zero-order valence-corrected chi connectivity index (χ0v) is 16.9. The number of carbonyl (C=O) groups excluding carboxylic acids is 1. The minimum Gasteiger partial charge on any atom is -0.491 e. The Morgan fingerprint density at radius 1 is 1.26 bits per heavy atom. The molecule has 0 aromatic heterocycles. The van der Waals surface area contributed by atoms with E-state index in [9.17, 15) is 13.2 Å². The molecule has 3 rings (SSSR count). The van der Waals surface area contributed by atoms with Crippen LogP contribution in [-0.4, -0.2) is 34.5 Å². The molecule has 1 aliphatic heterocycles. The van der Waals surface area contributed by atoms with Gasteiger partial charge in [0.15, 0.2) is 0 Å². The quantitative estimate of drug-likeness (QED) is 0.765. The number of hydrogen-bond acceptors (Lipinski definition) is 4. The molecule has 0 aliphatic carbocycles. The van der Waals surface area contributed by atoms with Crippen LogP contribution in [0.2, 0.25) is 10.0 Å². The first kappa shape index (κ1) is 19.9. The predicted molar refractivity (Wildman–Crippen MR) is 105 cm³/mol. The van der Waals surface area contributed by atoms with Gasteiger partial charge in [0.1, 0.15) is 10.8 Å². The van der Waals surface area contributed by atoms with Gasteiger partial charge in [-0.1, -0.05) is 29.3 Å². The Kier molecular flexibility index (Phi) is 5.95. The molecule has 0 saturated carbocycles. The standard InChI is InChI=1S/C18H18Cl2N2O4S/c1-21-27(24,25)13-5-6-15-12(11-13)7-9-22(15)17(23)8-10-26-16-4-2-3-14(19)18(16)20/h2-6,11,21H,7-10H2,1H3. The summed E-state index contributed by atoms with van der Waals surface area (Å²) in [4.78, 5) is 14.4. The van der Waals surface area contributed by atoms with Gasteiger partial charge in [0.25, 0.3) is 0 Å². The molecule has 0 bridgehead atoms. The second-order valence-corrected chi connectivity index (χ2v) is 8.62. The molecule has 1 aliphatic rings. The van der Waals surface area contributed by atoms with E-state index in [0.717, 1.165) is 11.3 Å². The maximum Gasteiger partial charge on any atom is 0.240 e. The zero-order valence-electron chi connectivity index (χ0n) is 14.5. The van der Waals surface area contributed by atoms with Crippen LogP contribution in [0, 0.1) is 0 Å². The van der Waals surface area contributed by atoms with Gasteiger partial charge < -0.3 is 9.64 Å². The van der Waals surface area contributed by atoms with Gasteiger partial charge in [0, 0.05) is 12.2 Å². The van der Waals surface area contributed by atoms with Gasteiger partial charge >= 0.3 is 0 Å². The van der Waals surface area contributed by atoms with Crippen molar-refractivity contribution in [2.75, 3.05) is 25.1 Å². The number of fused-ring (bicyclic) bond motifs is 1. The molecule has 0 spiro atoms. The van der Waals surface area contributed by atoms with E-state index in [1.165, 1.54) is 13.1 Å². The smallest absolute Gasteiger partial charge is 0.240 e. The molecule has 9 heteroatoms. The highest BCUT2D eigenvalue weighted by atomic mass is 35.5. The fourth-order valence-electron chi connectivity index (χ4n) is 2.90. The van der Waals surface area contributed by atoms with E-state index in [2.05, 4.69) is 4.72 Å². The maximum atomic E-state index is 12.5. The van der Waals surface area contributed by atoms with Gasteiger partial charge in [-0.15, -0.1) is 0 Å². The van der Waals surface area contributed by atoms with Crippen LogP contribution in [0.25, 0.3) is 0 Å². The number of nitrogens with one attached hydrogen (secondary N) is 1. The van der Waals surface area contributed by atoms with Crippen molar-refractivity contribution >= 4 is 44.8 Å². The third-order valence-electron chi connectivity index (χ3n) is 4.32. The van der Waals surface area contributed by atoms with Crippen molar-refractivity contribution in [3.8, 4) is 5.75 Å². The Morgan fingerprint density at radius 2 is 2.04 bits per heavy atom. The van der Waals surface area contributed by atoms with Gasteiger partial charge in [0.05, 0.1) is 22.9 Å². The summed E-state index contributed by atoms with van der Waals surface area (Å²) in [7, 11) is -2.14. The second kappa shape index (κ2) is 8.06. The van der Waals surface area contributed by atoms with Gasteiger partial charge in [0.2, 0.25) is 15.9 Å². The van der Waals surface area contributed by atoms with Crippen molar-refractivity contribution in [2.45, 2.75) is 17.7 Å². The summed E-state index contributed by atoms with van der Waals surface area (Å²) in [5.41, 5.74) is 1.56. The average molecular weight is 429 g/mol. The van der Waals surface area contributed by atoms with Crippen molar-refractivity contribution in [1.82, 2.24) is 4.72 Å². The number of anilines is 1. The van der Waals surface area contributed by atoms with Crippen molar-refractivity contribution in [3.05, 3.63) is 52.0 Å². The lowest BCUT2D eigenvalue weighted by molar-refractivity contribution is -0.119. The van der Waals surface area contributed by atoms with Crippen molar-refractivity contribution in [1.29, 1.82) is 0 Å². The summed E-state index contributed by atoms with van der Waals surface area (Å²) in [6, 6.07) is 9.84. The van der Waals surface area contributed by atoms with Gasteiger partial charge in [-0.25, -0.2) is 13.1 Å². The highest BCUT2D eigenvalue weighted by Crippen LogP contribution is 2.32. The third-order valence-corrected chi connectivity index (χ3v) is 6.53. The predicted octanol–water partition coefficient (Wildman–Crippen LogP) is 3.26. The van der Waals surface area contributed by atoms with Crippen LogP contribution in [-0.2, 0) is 21.2 Å². The Balaban J connectivity index is 1.65. The number of carbonyl (C=O) groups is 1. The zero-order chi connectivity index (χ0) is 19.6. The molecule has 2 aromatic rings. The van der Waals surface area contributed by atoms with Crippen molar-refractivity contribution in [2.24, 2.45) is 0 Å². The van der Waals surface area contributed by atoms with Crippen LogP contribution in [0.5, 0.6) is 5.75 Å². The van der Waals surface area contributed by atoms with Gasteiger partial charge in [-0.3, -0.25) is 4.79 Å². The molecular weight excluding hydrogens is 411 g/mol. The van der Waals surface area contributed by atoms with Crippen LogP contribution in [0.3, 0.4) is 0 Å². The number of halogens is 2. The van der Waals surface area contributed by atoms with E-state index < -0.39 is 10.0 Å². The van der Waals surface area contributed by atoms with E-state index in [-0.39, 0.29) is 23.8 Å². The third kappa shape index (κ3) is 4.21. The van der Waals surface area contributed by atoms with Crippen LogP contribution < -0.4 is 14.4 Å². The molecule has 0 radical (unpaired) electrons. The Bertz CT molecular complexity index is 979. The molecule has 0 saturated heterocycles. The Hall–Kier alpha value is -1.80. The molecule has 0 fully saturated rings. The van der Waals surface area contributed by atoms with Crippen LogP contribution in [0.1, 0.15) is 12.0 Å². The summed E-state index contributed by atoms with van der Waals surface area (Å²) >= 11 is 12.0. The second-order valence-electron chi connectivity index (χ2n) is 5.94. The minimum atomic E-state index is -3.51. The summed E-state index contributed by atoms with van der Waals surface area (Å²) in [5, 5.41) is 0.706. The SMILES string of the molecule is CNS(=O)(=O)c1ccc2c(c1)CCN2C(=O)CCOc1cccc(Cl)c1Cl. The first-order valence-corrected chi connectivity index (χ1v) is 10.5. The van der Waals surface area contributed by atoms with E-state index >= 15 is 0 Å². The van der Waals surface area contributed by atoms with E-state index in [4.69, 9.17) is 27.9 Å². The number of benzene rings is 2. The number of hydrogen-bond donors (Lipinski definition) is 1. The van der Waals surface area contributed by atoms with E-state index in [1.807, 2.05) is 0 Å². The summed E-state index contributed by atoms with van der Waals surface area (Å²) < 4.78 is 31.7. The van der Waals surface area contributed by atoms with E-state index in [1.54, 1.807) is 35.2 Å². The van der Waals surface area contributed by atoms with Crippen molar-refractivity contribution in [3.63, 3.8) is 0 Å². The maximum absolute atomic E-state index is 12.5. The number of amides is 1. The highest BCUT2D eigenvalue weighted by Gasteiger charge is 2.26. The Morgan fingerprint density at radius 3 is 2.78 bits per heavy atom. The summed E-state index contributed by atoms with van der Waals surface area (Å²) in [5.74, 6) is 0.330. The van der Waals surface area contributed by atoms with Crippen LogP contribution in [0.15, 0.2) is 41.3 Å². The summed E-state index contributed by atoms with van der Waals surface area (Å²) in [6.45, 7) is 0.673. The number of rotatable bonds is 6. The highest BCUT2D eigenvalue weighted by molar-refractivity contribution is 7.89. The number of sulfonamides is 1. The minimum absolute atomic E-state index is 0.101. The molecule has 1 amide bonds. The first-order valence-electron chi connectivity index (χ1n) is 8.27. The number of nitrogens with zero attached hydrogens (tertiary/aromatic N) is 1.